The molecule has 0 aliphatic heterocycles. The van der Waals surface area contributed by atoms with Crippen LogP contribution >= 0.6 is 0 Å². The molecule has 1 aliphatic rings. The number of aliphatic carboxylic acids is 1. The molecular formula is C15H28N2O3. The molecule has 116 valence electrons. The monoisotopic (exact) mass is 284 g/mol. The number of carbonyl (C=O) groups is 2. The van der Waals surface area contributed by atoms with Gasteiger partial charge in [0, 0.05) is 13.1 Å². The zero-order chi connectivity index (χ0) is 15.3. The van der Waals surface area contributed by atoms with E-state index in [0.29, 0.717) is 37.8 Å². The molecule has 1 fully saturated rings. The normalized spacial score (nSPS) is 16.3. The summed E-state index contributed by atoms with van der Waals surface area (Å²) < 4.78 is 0. The summed E-state index contributed by atoms with van der Waals surface area (Å²) in [7, 11) is 0. The Balaban J connectivity index is 2.56. The average Bonchev–Trinajstić information content (AvgIpc) is 3.09. The minimum Gasteiger partial charge on any atom is -0.480 e. The van der Waals surface area contributed by atoms with E-state index in [4.69, 9.17) is 5.11 Å². The van der Waals surface area contributed by atoms with E-state index in [9.17, 15) is 9.59 Å². The van der Waals surface area contributed by atoms with Crippen LogP contribution < -0.4 is 5.32 Å². The smallest absolute Gasteiger partial charge is 0.329 e. The fourth-order valence-electron chi connectivity index (χ4n) is 1.94. The summed E-state index contributed by atoms with van der Waals surface area (Å²) in [6.45, 7) is 9.87. The highest BCUT2D eigenvalue weighted by molar-refractivity contribution is 5.88. The van der Waals surface area contributed by atoms with Crippen LogP contribution in [-0.4, -0.2) is 40.6 Å². The minimum absolute atomic E-state index is 0.230. The van der Waals surface area contributed by atoms with Crippen LogP contribution in [0.3, 0.4) is 0 Å². The molecule has 0 bridgehead atoms. The zero-order valence-corrected chi connectivity index (χ0v) is 13.1. The van der Waals surface area contributed by atoms with Gasteiger partial charge in [0.15, 0.2) is 0 Å². The molecule has 5 heteroatoms. The number of hydrogen-bond acceptors (Lipinski definition) is 2. The van der Waals surface area contributed by atoms with Crippen molar-refractivity contribution in [2.45, 2.75) is 58.9 Å². The van der Waals surface area contributed by atoms with Crippen LogP contribution in [0.15, 0.2) is 0 Å². The molecule has 0 aromatic heterocycles. The van der Waals surface area contributed by atoms with Gasteiger partial charge in [0.1, 0.15) is 5.54 Å². The molecule has 0 unspecified atom stereocenters. The first-order chi connectivity index (χ1) is 9.27. The largest absolute Gasteiger partial charge is 0.480 e. The Hall–Kier alpha value is -1.26. The summed E-state index contributed by atoms with van der Waals surface area (Å²) in [5.74, 6) is 0.135. The third kappa shape index (κ3) is 5.02. The van der Waals surface area contributed by atoms with E-state index in [1.807, 2.05) is 0 Å². The summed E-state index contributed by atoms with van der Waals surface area (Å²) in [4.78, 5) is 25.2. The quantitative estimate of drug-likeness (QED) is 0.720. The van der Waals surface area contributed by atoms with Crippen molar-refractivity contribution in [1.29, 1.82) is 0 Å². The molecule has 1 rings (SSSR count). The van der Waals surface area contributed by atoms with Gasteiger partial charge in [-0.3, -0.25) is 0 Å². The molecule has 0 heterocycles. The zero-order valence-electron chi connectivity index (χ0n) is 13.1. The number of rotatable bonds is 8. The summed E-state index contributed by atoms with van der Waals surface area (Å²) in [5.41, 5.74) is -0.995. The van der Waals surface area contributed by atoms with Crippen molar-refractivity contribution in [2.24, 2.45) is 11.8 Å². The third-order valence-electron chi connectivity index (χ3n) is 3.75. The molecule has 2 amide bonds. The second-order valence-corrected chi connectivity index (χ2v) is 6.67. The topological polar surface area (TPSA) is 69.6 Å². The lowest BCUT2D eigenvalue weighted by molar-refractivity contribution is -0.140. The molecule has 0 radical (unpaired) electrons. The first kappa shape index (κ1) is 16.8. The highest BCUT2D eigenvalue weighted by Gasteiger charge is 2.52. The van der Waals surface area contributed by atoms with E-state index < -0.39 is 11.5 Å². The molecule has 1 saturated carbocycles. The van der Waals surface area contributed by atoms with Crippen molar-refractivity contribution >= 4 is 12.0 Å². The van der Waals surface area contributed by atoms with Crippen LogP contribution in [0.25, 0.3) is 0 Å². The lowest BCUT2D eigenvalue weighted by Gasteiger charge is -2.26. The molecule has 1 aliphatic carbocycles. The molecule has 0 atom stereocenters. The maximum atomic E-state index is 12.3. The third-order valence-corrected chi connectivity index (χ3v) is 3.75. The van der Waals surface area contributed by atoms with Crippen LogP contribution in [-0.2, 0) is 4.79 Å². The van der Waals surface area contributed by atoms with Crippen LogP contribution in [0.5, 0.6) is 0 Å². The summed E-state index contributed by atoms with van der Waals surface area (Å²) in [6, 6.07) is -0.230. The van der Waals surface area contributed by atoms with E-state index >= 15 is 0 Å². The standard InChI is InChI=1S/C15H28N2O3/c1-11(2)5-9-17(10-6-12(3)4)14(20)16-15(7-8-15)13(18)19/h11-12H,5-10H2,1-4H3,(H,16,20)(H,18,19). The van der Waals surface area contributed by atoms with Gasteiger partial charge in [0.25, 0.3) is 0 Å². The van der Waals surface area contributed by atoms with Gasteiger partial charge >= 0.3 is 12.0 Å². The number of urea groups is 1. The highest BCUT2D eigenvalue weighted by atomic mass is 16.4. The average molecular weight is 284 g/mol. The van der Waals surface area contributed by atoms with Gasteiger partial charge in [0.2, 0.25) is 0 Å². The SMILES string of the molecule is CC(C)CCN(CCC(C)C)C(=O)NC1(C(=O)O)CC1. The first-order valence-corrected chi connectivity index (χ1v) is 7.57. The highest BCUT2D eigenvalue weighted by Crippen LogP contribution is 2.35. The summed E-state index contributed by atoms with van der Waals surface area (Å²) >= 11 is 0. The summed E-state index contributed by atoms with van der Waals surface area (Å²) in [5, 5.41) is 11.8. The van der Waals surface area contributed by atoms with Gasteiger partial charge in [-0.2, -0.15) is 0 Å². The molecule has 20 heavy (non-hydrogen) atoms. The van der Waals surface area contributed by atoms with Crippen LogP contribution in [0.4, 0.5) is 4.79 Å². The van der Waals surface area contributed by atoms with Gasteiger partial charge in [0.05, 0.1) is 0 Å². The van der Waals surface area contributed by atoms with E-state index in [0.717, 1.165) is 12.8 Å². The van der Waals surface area contributed by atoms with Crippen molar-refractivity contribution in [3.05, 3.63) is 0 Å². The van der Waals surface area contributed by atoms with Gasteiger partial charge in [-0.1, -0.05) is 27.7 Å². The number of hydrogen-bond donors (Lipinski definition) is 2. The Labute approximate surface area is 121 Å². The van der Waals surface area contributed by atoms with E-state index in [1.165, 1.54) is 0 Å². The lowest BCUT2D eigenvalue weighted by Crippen LogP contribution is -2.50. The molecule has 0 spiro atoms. The minimum atomic E-state index is -0.995. The predicted octanol–water partition coefficient (Wildman–Crippen LogP) is 2.71. The van der Waals surface area contributed by atoms with Gasteiger partial charge in [-0.15, -0.1) is 0 Å². The van der Waals surface area contributed by atoms with Crippen LogP contribution in [0.2, 0.25) is 0 Å². The molecule has 0 saturated heterocycles. The van der Waals surface area contributed by atoms with Gasteiger partial charge in [-0.25, -0.2) is 9.59 Å². The number of carboxylic acid groups (broad SMARTS) is 1. The number of carboxylic acids is 1. The maximum absolute atomic E-state index is 12.3. The molecule has 2 N–H and O–H groups in total. The van der Waals surface area contributed by atoms with Crippen molar-refractivity contribution < 1.29 is 14.7 Å². The fraction of sp³-hybridized carbons (Fsp3) is 0.867. The Bertz CT molecular complexity index is 337. The number of amides is 2. The number of nitrogens with zero attached hydrogens (tertiary/aromatic N) is 1. The van der Waals surface area contributed by atoms with Gasteiger partial charge < -0.3 is 15.3 Å². The van der Waals surface area contributed by atoms with Crippen LogP contribution in [0, 0.1) is 11.8 Å². The number of carbonyl (C=O) groups excluding carboxylic acids is 1. The van der Waals surface area contributed by atoms with Crippen LogP contribution in [0.1, 0.15) is 53.4 Å². The van der Waals surface area contributed by atoms with E-state index in [1.54, 1.807) is 4.90 Å². The fourth-order valence-corrected chi connectivity index (χ4v) is 1.94. The van der Waals surface area contributed by atoms with Crippen molar-refractivity contribution in [3.63, 3.8) is 0 Å². The van der Waals surface area contributed by atoms with Crippen molar-refractivity contribution in [3.8, 4) is 0 Å². The van der Waals surface area contributed by atoms with Gasteiger partial charge in [-0.05, 0) is 37.5 Å². The maximum Gasteiger partial charge on any atom is 0.329 e. The van der Waals surface area contributed by atoms with Crippen molar-refractivity contribution in [1.82, 2.24) is 10.2 Å². The first-order valence-electron chi connectivity index (χ1n) is 7.57. The summed E-state index contributed by atoms with van der Waals surface area (Å²) in [6.07, 6.45) is 2.95. The Kier molecular flexibility index (Phi) is 5.84. The molecule has 0 aromatic rings. The lowest BCUT2D eigenvalue weighted by atomic mass is 10.1. The van der Waals surface area contributed by atoms with E-state index in [2.05, 4.69) is 33.0 Å². The molecular weight excluding hydrogens is 256 g/mol. The molecule has 5 nitrogen and oxygen atoms in total. The Morgan fingerprint density at radius 2 is 1.55 bits per heavy atom. The van der Waals surface area contributed by atoms with E-state index in [-0.39, 0.29) is 6.03 Å². The second kappa shape index (κ2) is 6.95. The second-order valence-electron chi connectivity index (χ2n) is 6.67. The molecule has 0 aromatic carbocycles. The predicted molar refractivity (Wildman–Crippen MR) is 78.6 cm³/mol. The Morgan fingerprint density at radius 3 is 1.85 bits per heavy atom. The number of nitrogens with one attached hydrogen (secondary N) is 1. The van der Waals surface area contributed by atoms with Crippen molar-refractivity contribution in [2.75, 3.05) is 13.1 Å². The Morgan fingerprint density at radius 1 is 1.10 bits per heavy atom.